The van der Waals surface area contributed by atoms with Gasteiger partial charge in [0.05, 0.1) is 7.11 Å². The monoisotopic (exact) mass is 450 g/mol. The first-order valence-electron chi connectivity index (χ1n) is 10.8. The Balaban J connectivity index is 1.42. The van der Waals surface area contributed by atoms with E-state index in [2.05, 4.69) is 0 Å². The van der Waals surface area contributed by atoms with Gasteiger partial charge in [-0.15, -0.1) is 0 Å². The molecule has 1 fully saturated rings. The number of benzene rings is 3. The summed E-state index contributed by atoms with van der Waals surface area (Å²) in [6, 6.07) is 19.0. The van der Waals surface area contributed by atoms with Crippen LogP contribution in [-0.2, 0) is 11.3 Å². The largest absolute Gasteiger partial charge is 0.496 e. The summed E-state index contributed by atoms with van der Waals surface area (Å²) in [6.45, 7) is 1.61. The van der Waals surface area contributed by atoms with Crippen molar-refractivity contribution >= 4 is 34.2 Å². The number of nitrogens with zero attached hydrogens (tertiary/aromatic N) is 2. The van der Waals surface area contributed by atoms with E-state index in [1.807, 2.05) is 72.6 Å². The van der Waals surface area contributed by atoms with Crippen molar-refractivity contribution in [2.24, 2.45) is 5.92 Å². The normalized spacial score (nSPS) is 14.4. The average molecular weight is 451 g/mol. The number of hydrogen-bond donors (Lipinski definition) is 0. The topological polar surface area (TPSA) is 49.9 Å². The van der Waals surface area contributed by atoms with Gasteiger partial charge in [0.25, 0.3) is 5.91 Å². The van der Waals surface area contributed by atoms with Crippen LogP contribution in [-0.4, -0.2) is 48.9 Å². The third kappa shape index (κ3) is 4.44. The van der Waals surface area contributed by atoms with Gasteiger partial charge in [0.2, 0.25) is 5.91 Å². The summed E-state index contributed by atoms with van der Waals surface area (Å²) in [5, 5.41) is 2.47. The van der Waals surface area contributed by atoms with Gasteiger partial charge in [0.1, 0.15) is 5.75 Å². The molecule has 1 aliphatic rings. The second-order valence-corrected chi connectivity index (χ2v) is 8.62. The molecule has 3 aromatic rings. The number of methoxy groups -OCH3 is 1. The molecule has 0 saturated carbocycles. The number of rotatable bonds is 5. The van der Waals surface area contributed by atoms with Gasteiger partial charge >= 0.3 is 0 Å². The van der Waals surface area contributed by atoms with E-state index in [1.165, 1.54) is 0 Å². The Morgan fingerprint density at radius 2 is 1.66 bits per heavy atom. The van der Waals surface area contributed by atoms with Crippen LogP contribution in [0.4, 0.5) is 0 Å². The van der Waals surface area contributed by atoms with E-state index in [1.54, 1.807) is 12.0 Å². The van der Waals surface area contributed by atoms with Crippen molar-refractivity contribution in [3.63, 3.8) is 0 Å². The summed E-state index contributed by atoms with van der Waals surface area (Å²) >= 11 is 6.24. The second-order valence-electron chi connectivity index (χ2n) is 8.21. The fourth-order valence-corrected chi connectivity index (χ4v) is 4.60. The lowest BCUT2D eigenvalue weighted by atomic mass is 9.94. The molecule has 0 aromatic heterocycles. The van der Waals surface area contributed by atoms with Crippen LogP contribution in [0, 0.1) is 5.92 Å². The van der Waals surface area contributed by atoms with Gasteiger partial charge in [-0.2, -0.15) is 0 Å². The van der Waals surface area contributed by atoms with Crippen LogP contribution in [0.2, 0.25) is 5.02 Å². The van der Waals surface area contributed by atoms with E-state index in [4.69, 9.17) is 16.3 Å². The SMILES string of the molecule is COc1ccc(C(=O)N2CCC(C(=O)N(C)Cc3ccccc3Cl)CC2)c2ccccc12. The highest BCUT2D eigenvalue weighted by Crippen LogP contribution is 2.30. The minimum absolute atomic E-state index is 0.000765. The highest BCUT2D eigenvalue weighted by molar-refractivity contribution is 6.31. The highest BCUT2D eigenvalue weighted by Gasteiger charge is 2.30. The summed E-state index contributed by atoms with van der Waals surface area (Å²) in [5.41, 5.74) is 1.60. The number of likely N-dealkylation sites (tertiary alicyclic amines) is 1. The van der Waals surface area contributed by atoms with E-state index in [0.717, 1.165) is 22.1 Å². The summed E-state index contributed by atoms with van der Waals surface area (Å²) in [6.07, 6.45) is 1.32. The summed E-state index contributed by atoms with van der Waals surface area (Å²) < 4.78 is 5.45. The molecule has 3 aromatic carbocycles. The van der Waals surface area contributed by atoms with Crippen molar-refractivity contribution in [2.45, 2.75) is 19.4 Å². The molecule has 32 heavy (non-hydrogen) atoms. The maximum atomic E-state index is 13.3. The molecule has 4 rings (SSSR count). The Labute approximate surface area is 193 Å². The summed E-state index contributed by atoms with van der Waals surface area (Å²) in [4.78, 5) is 29.8. The smallest absolute Gasteiger partial charge is 0.254 e. The van der Waals surface area contributed by atoms with Crippen molar-refractivity contribution in [1.29, 1.82) is 0 Å². The molecule has 0 aliphatic carbocycles. The second kappa shape index (κ2) is 9.61. The predicted molar refractivity (Wildman–Crippen MR) is 127 cm³/mol. The Morgan fingerprint density at radius 1 is 1.00 bits per heavy atom. The first kappa shape index (κ1) is 22.2. The Kier molecular flexibility index (Phi) is 6.66. The molecule has 0 spiro atoms. The van der Waals surface area contributed by atoms with Crippen LogP contribution in [0.1, 0.15) is 28.8 Å². The average Bonchev–Trinajstić information content (AvgIpc) is 2.84. The van der Waals surface area contributed by atoms with Gasteiger partial charge in [-0.3, -0.25) is 9.59 Å². The van der Waals surface area contributed by atoms with Gasteiger partial charge in [-0.05, 0) is 42.0 Å². The van der Waals surface area contributed by atoms with Gasteiger partial charge in [0, 0.05) is 48.6 Å². The maximum absolute atomic E-state index is 13.3. The van der Waals surface area contributed by atoms with Crippen molar-refractivity contribution in [3.05, 3.63) is 76.8 Å². The van der Waals surface area contributed by atoms with Crippen molar-refractivity contribution in [1.82, 2.24) is 9.80 Å². The quantitative estimate of drug-likeness (QED) is 0.548. The standard InChI is InChI=1S/C26H27ClN2O3/c1-28(17-19-7-3-6-10-23(19)27)25(30)18-13-15-29(16-14-18)26(31)22-11-12-24(32-2)21-9-5-4-8-20(21)22/h3-12,18H,13-17H2,1-2H3. The van der Waals surface area contributed by atoms with Crippen LogP contribution in [0.15, 0.2) is 60.7 Å². The third-order valence-corrected chi connectivity index (χ3v) is 6.58. The lowest BCUT2D eigenvalue weighted by molar-refractivity contribution is -0.136. The Bertz CT molecular complexity index is 1140. The van der Waals surface area contributed by atoms with Crippen molar-refractivity contribution < 1.29 is 14.3 Å². The molecule has 0 radical (unpaired) electrons. The molecule has 166 valence electrons. The van der Waals surface area contributed by atoms with Gasteiger partial charge < -0.3 is 14.5 Å². The van der Waals surface area contributed by atoms with Crippen LogP contribution >= 0.6 is 11.6 Å². The van der Waals surface area contributed by atoms with E-state index in [9.17, 15) is 9.59 Å². The van der Waals surface area contributed by atoms with Crippen molar-refractivity contribution in [3.8, 4) is 5.75 Å². The summed E-state index contributed by atoms with van der Waals surface area (Å²) in [7, 11) is 3.44. The predicted octanol–water partition coefficient (Wildman–Crippen LogP) is 5.01. The van der Waals surface area contributed by atoms with E-state index in [-0.39, 0.29) is 17.7 Å². The Hall–Kier alpha value is -3.05. The number of ether oxygens (including phenoxy) is 1. The van der Waals surface area contributed by atoms with E-state index in [0.29, 0.717) is 43.1 Å². The van der Waals surface area contributed by atoms with E-state index >= 15 is 0 Å². The molecule has 0 atom stereocenters. The van der Waals surface area contributed by atoms with Gasteiger partial charge in [-0.1, -0.05) is 54.1 Å². The lowest BCUT2D eigenvalue weighted by Crippen LogP contribution is -2.43. The minimum Gasteiger partial charge on any atom is -0.496 e. The molecule has 2 amide bonds. The number of carbonyl (C=O) groups excluding carboxylic acids is 2. The zero-order valence-electron chi connectivity index (χ0n) is 18.4. The molecule has 0 bridgehead atoms. The lowest BCUT2D eigenvalue weighted by Gasteiger charge is -2.33. The maximum Gasteiger partial charge on any atom is 0.254 e. The van der Waals surface area contributed by atoms with Gasteiger partial charge in [0.15, 0.2) is 0 Å². The van der Waals surface area contributed by atoms with Crippen LogP contribution in [0.25, 0.3) is 10.8 Å². The number of halogens is 1. The Morgan fingerprint density at radius 3 is 2.34 bits per heavy atom. The van der Waals surface area contributed by atoms with Crippen LogP contribution < -0.4 is 4.74 Å². The number of piperidine rings is 1. The summed E-state index contributed by atoms with van der Waals surface area (Å²) in [5.74, 6) is 0.772. The number of carbonyl (C=O) groups is 2. The molecular formula is C26H27ClN2O3. The number of hydrogen-bond acceptors (Lipinski definition) is 3. The van der Waals surface area contributed by atoms with Crippen LogP contribution in [0.5, 0.6) is 5.75 Å². The molecular weight excluding hydrogens is 424 g/mol. The number of amides is 2. The molecule has 1 saturated heterocycles. The van der Waals surface area contributed by atoms with Crippen molar-refractivity contribution in [2.75, 3.05) is 27.2 Å². The molecule has 1 heterocycles. The fraction of sp³-hybridized carbons (Fsp3) is 0.308. The third-order valence-electron chi connectivity index (χ3n) is 6.21. The minimum atomic E-state index is -0.0841. The first-order valence-corrected chi connectivity index (χ1v) is 11.2. The number of fused-ring (bicyclic) bond motifs is 1. The molecule has 0 N–H and O–H groups in total. The van der Waals surface area contributed by atoms with E-state index < -0.39 is 0 Å². The zero-order valence-corrected chi connectivity index (χ0v) is 19.1. The van der Waals surface area contributed by atoms with Crippen LogP contribution in [0.3, 0.4) is 0 Å². The highest BCUT2D eigenvalue weighted by atomic mass is 35.5. The molecule has 1 aliphatic heterocycles. The zero-order chi connectivity index (χ0) is 22.7. The fourth-order valence-electron chi connectivity index (χ4n) is 4.41. The van der Waals surface area contributed by atoms with Gasteiger partial charge in [-0.25, -0.2) is 0 Å². The molecule has 6 heteroatoms. The molecule has 5 nitrogen and oxygen atoms in total. The molecule has 0 unspecified atom stereocenters. The first-order chi connectivity index (χ1) is 15.5.